The molecule has 2 aromatic rings. The van der Waals surface area contributed by atoms with E-state index in [1.807, 2.05) is 52.0 Å². The number of carboxylic acids is 1. The first-order chi connectivity index (χ1) is 34.2. The Kier molecular flexibility index (Phi) is 22.2. The zero-order chi connectivity index (χ0) is 53.2. The molecule has 22 nitrogen and oxygen atoms in total. The van der Waals surface area contributed by atoms with Gasteiger partial charge >= 0.3 is 5.97 Å². The third kappa shape index (κ3) is 16.3. The molecule has 1 aromatic carbocycles. The molecule has 2 aliphatic rings. The monoisotopic (exact) mass is 1010 g/mol. The van der Waals surface area contributed by atoms with Gasteiger partial charge in [0.15, 0.2) is 0 Å². The van der Waals surface area contributed by atoms with Gasteiger partial charge in [0.05, 0.1) is 0 Å². The Labute approximate surface area is 419 Å². The highest BCUT2D eigenvalue weighted by molar-refractivity contribution is 6.35. The van der Waals surface area contributed by atoms with Crippen LogP contribution in [-0.2, 0) is 59.2 Å². The summed E-state index contributed by atoms with van der Waals surface area (Å²) < 4.78 is 0. The molecule has 8 atom stereocenters. The first kappa shape index (κ1) is 57.7. The van der Waals surface area contributed by atoms with Gasteiger partial charge in [0.2, 0.25) is 53.0 Å². The number of aliphatic carboxylic acids is 1. The number of amides is 9. The van der Waals surface area contributed by atoms with Gasteiger partial charge in [-0.15, -0.1) is 0 Å². The van der Waals surface area contributed by atoms with E-state index < -0.39 is 120 Å². The van der Waals surface area contributed by atoms with Gasteiger partial charge in [0, 0.05) is 50.0 Å². The molecular formula is C50H74N10O12. The summed E-state index contributed by atoms with van der Waals surface area (Å²) in [6.45, 7) is 10.4. The molecule has 72 heavy (non-hydrogen) atoms. The number of primary amides is 1. The van der Waals surface area contributed by atoms with E-state index in [-0.39, 0.29) is 64.0 Å². The Morgan fingerprint density at radius 1 is 0.681 bits per heavy atom. The van der Waals surface area contributed by atoms with E-state index in [0.717, 1.165) is 16.5 Å². The molecule has 0 spiro atoms. The maximum Gasteiger partial charge on any atom is 0.326 e. The number of fused-ring (bicyclic) bond motifs is 1. The molecule has 0 radical (unpaired) electrons. The van der Waals surface area contributed by atoms with Crippen LogP contribution in [0.1, 0.15) is 131 Å². The summed E-state index contributed by atoms with van der Waals surface area (Å²) in [5.74, 6) is -8.76. The number of carboxylic acid groups (broad SMARTS) is 1. The molecule has 3 heterocycles. The second-order valence-corrected chi connectivity index (χ2v) is 19.2. The van der Waals surface area contributed by atoms with Gasteiger partial charge in [-0.25, -0.2) is 4.79 Å². The van der Waals surface area contributed by atoms with Crippen LogP contribution in [0, 0.1) is 5.92 Å². The van der Waals surface area contributed by atoms with Crippen molar-refractivity contribution in [1.29, 1.82) is 0 Å². The summed E-state index contributed by atoms with van der Waals surface area (Å²) in [5, 5.41) is 26.7. The van der Waals surface area contributed by atoms with Gasteiger partial charge in [0.25, 0.3) is 5.91 Å². The Morgan fingerprint density at radius 2 is 1.19 bits per heavy atom. The first-order valence-electron chi connectivity index (χ1n) is 25.2. The number of rotatable bonds is 28. The van der Waals surface area contributed by atoms with E-state index in [1.54, 1.807) is 6.20 Å². The lowest BCUT2D eigenvalue weighted by molar-refractivity contribution is -0.149. The van der Waals surface area contributed by atoms with Crippen molar-refractivity contribution in [1.82, 2.24) is 46.7 Å². The van der Waals surface area contributed by atoms with Crippen LogP contribution >= 0.6 is 0 Å². The lowest BCUT2D eigenvalue weighted by Crippen LogP contribution is -2.60. The van der Waals surface area contributed by atoms with Crippen LogP contribution in [0.2, 0.25) is 0 Å². The number of hydrogen-bond acceptors (Lipinski definition) is 11. The number of nitrogens with two attached hydrogens (primary N) is 1. The van der Waals surface area contributed by atoms with Crippen LogP contribution in [0.15, 0.2) is 30.5 Å². The number of nitrogens with one attached hydrogen (secondary N) is 7. The Balaban J connectivity index is 1.54. The van der Waals surface area contributed by atoms with Crippen LogP contribution in [0.4, 0.5) is 0 Å². The van der Waals surface area contributed by atoms with Gasteiger partial charge < -0.3 is 57.5 Å². The van der Waals surface area contributed by atoms with Crippen molar-refractivity contribution in [2.75, 3.05) is 13.1 Å². The lowest BCUT2D eigenvalue weighted by Gasteiger charge is -2.32. The number of unbranched alkanes of at least 4 members (excludes halogenated alkanes) is 2. The predicted octanol–water partition coefficient (Wildman–Crippen LogP) is 0.987. The van der Waals surface area contributed by atoms with Gasteiger partial charge in [-0.2, -0.15) is 0 Å². The van der Waals surface area contributed by atoms with Crippen LogP contribution in [0.25, 0.3) is 10.9 Å². The van der Waals surface area contributed by atoms with E-state index in [9.17, 15) is 57.8 Å². The highest BCUT2D eigenvalue weighted by Crippen LogP contribution is 2.25. The van der Waals surface area contributed by atoms with Crippen LogP contribution in [0.5, 0.6) is 0 Å². The molecule has 9 amide bonds. The molecule has 22 heteroatoms. The molecule has 10 N–H and O–H groups in total. The van der Waals surface area contributed by atoms with Gasteiger partial charge in [-0.05, 0) is 75.8 Å². The second-order valence-electron chi connectivity index (χ2n) is 19.2. The smallest absolute Gasteiger partial charge is 0.326 e. The number of Topliss-reactive ketones (excluding diaryl/α,β-unsaturated/α-hetero) is 1. The maximum atomic E-state index is 14.6. The van der Waals surface area contributed by atoms with E-state index >= 15 is 0 Å². The maximum absolute atomic E-state index is 14.6. The van der Waals surface area contributed by atoms with Crippen molar-refractivity contribution in [3.8, 4) is 0 Å². The molecule has 396 valence electrons. The molecule has 0 bridgehead atoms. The van der Waals surface area contributed by atoms with E-state index in [0.29, 0.717) is 38.5 Å². The third-order valence-electron chi connectivity index (χ3n) is 13.0. The van der Waals surface area contributed by atoms with Crippen LogP contribution in [-0.4, -0.2) is 146 Å². The molecule has 0 aliphatic carbocycles. The average Bonchev–Trinajstić information content (AvgIpc) is 4.12. The quantitative estimate of drug-likeness (QED) is 0.0539. The summed E-state index contributed by atoms with van der Waals surface area (Å²) >= 11 is 0. The molecule has 1 aromatic heterocycles. The summed E-state index contributed by atoms with van der Waals surface area (Å²) in [6, 6.07) is -1.86. The molecule has 0 saturated carbocycles. The predicted molar refractivity (Wildman–Crippen MR) is 264 cm³/mol. The second kappa shape index (κ2) is 27.7. The molecule has 2 saturated heterocycles. The highest BCUT2D eigenvalue weighted by atomic mass is 16.4. The van der Waals surface area contributed by atoms with Crippen LogP contribution in [0.3, 0.4) is 0 Å². The number of aromatic amines is 1. The largest absolute Gasteiger partial charge is 0.480 e. The number of carbonyl (C=O) groups excluding carboxylic acids is 10. The fourth-order valence-corrected chi connectivity index (χ4v) is 9.18. The van der Waals surface area contributed by atoms with Crippen LogP contribution < -0.4 is 37.6 Å². The Morgan fingerprint density at radius 3 is 1.74 bits per heavy atom. The van der Waals surface area contributed by atoms with Crippen molar-refractivity contribution in [2.24, 2.45) is 11.7 Å². The average molecular weight is 1010 g/mol. The van der Waals surface area contributed by atoms with Crippen molar-refractivity contribution in [3.05, 3.63) is 36.0 Å². The minimum Gasteiger partial charge on any atom is -0.480 e. The molecule has 2 fully saturated rings. The third-order valence-corrected chi connectivity index (χ3v) is 13.0. The summed E-state index contributed by atoms with van der Waals surface area (Å²) in [7, 11) is 0. The standard InChI is InChI=1S/C50H74N10O12/c1-7-9-16-34(56-46(67)36(21-22-41(62)42(51)63)54-43(64)29(5)53-30(6)61)44(65)55-35(17-10-8-2)45(66)57-37(25-28(3)4)48(69)59-23-13-19-39(59)47(68)58-38(49(70)60-24-14-20-40(60)50(71)72)26-31-27-52-33-18-12-11-15-32(31)33/h11-12,15,18,27-29,34-40,52H,7-10,13-14,16-17,19-26H2,1-6H3,(H2,51,63)(H,53,61)(H,54,64)(H,55,65)(H,56,67)(H,57,66)(H,58,68)(H,71,72)/t29-,34-,35-,36-,37-,38-,39-,40-/m0/s1. The highest BCUT2D eigenvalue weighted by Gasteiger charge is 2.42. The number of nitrogens with zero attached hydrogens (tertiary/aromatic N) is 2. The number of likely N-dealkylation sites (tertiary alicyclic amines) is 2. The SMILES string of the molecule is CCCC[C@H](NC(=O)[C@H](CCC(=O)C(N)=O)NC(=O)[C@H](C)NC(C)=O)C(=O)N[C@@H](CCCC)C(=O)N[C@@H](CC(C)C)C(=O)N1CCC[C@H]1C(=O)N[C@@H](Cc1c[nH]c2ccccc12)C(=O)N1CCC[C@H]1C(=O)O. The summed E-state index contributed by atoms with van der Waals surface area (Å²) in [5.41, 5.74) is 6.66. The number of aromatic nitrogens is 1. The van der Waals surface area contributed by atoms with E-state index in [4.69, 9.17) is 5.73 Å². The van der Waals surface area contributed by atoms with Gasteiger partial charge in [0.1, 0.15) is 48.3 Å². The van der Waals surface area contributed by atoms with Crippen molar-refractivity contribution < 1.29 is 57.8 Å². The van der Waals surface area contributed by atoms with Crippen molar-refractivity contribution >= 4 is 75.8 Å². The molecular weight excluding hydrogens is 933 g/mol. The zero-order valence-corrected chi connectivity index (χ0v) is 42.3. The Hall–Kier alpha value is -6.87. The van der Waals surface area contributed by atoms with E-state index in [2.05, 4.69) is 36.9 Å². The topological polar surface area (TPSA) is 328 Å². The fourth-order valence-electron chi connectivity index (χ4n) is 9.18. The molecule has 4 rings (SSSR count). The van der Waals surface area contributed by atoms with E-state index in [1.165, 1.54) is 23.6 Å². The zero-order valence-electron chi connectivity index (χ0n) is 42.3. The fraction of sp³-hybridized carbons (Fsp3) is 0.620. The van der Waals surface area contributed by atoms with Gasteiger partial charge in [-0.3, -0.25) is 47.9 Å². The summed E-state index contributed by atoms with van der Waals surface area (Å²) in [6.07, 6.45) is 5.00. The number of para-hydroxylation sites is 1. The van der Waals surface area contributed by atoms with Gasteiger partial charge in [-0.1, -0.05) is 71.6 Å². The number of H-pyrrole nitrogens is 1. The van der Waals surface area contributed by atoms with Crippen molar-refractivity contribution in [2.45, 2.75) is 180 Å². The number of ketones is 1. The lowest BCUT2D eigenvalue weighted by atomic mass is 10.00. The minimum atomic E-state index is -1.44. The first-order valence-corrected chi connectivity index (χ1v) is 25.2. The normalized spacial score (nSPS) is 18.0. The van der Waals surface area contributed by atoms with Crippen molar-refractivity contribution in [3.63, 3.8) is 0 Å². The minimum absolute atomic E-state index is 0.0479. The Bertz CT molecular complexity index is 2300. The molecule has 2 aliphatic heterocycles. The number of hydrogen-bond donors (Lipinski definition) is 9. The summed E-state index contributed by atoms with van der Waals surface area (Å²) in [4.78, 5) is 152. The number of benzene rings is 1. The number of carbonyl (C=O) groups is 11. The molecule has 0 unspecified atom stereocenters.